The number of hydrogen-bond donors (Lipinski definition) is 2. The third kappa shape index (κ3) is 3.19. The molecule has 2 rings (SSSR count). The number of nitrogens with zero attached hydrogens (tertiary/aromatic N) is 1. The van der Waals surface area contributed by atoms with E-state index in [2.05, 4.69) is 5.32 Å². The summed E-state index contributed by atoms with van der Waals surface area (Å²) in [5, 5.41) is 2.97. The van der Waals surface area contributed by atoms with E-state index >= 15 is 0 Å². The van der Waals surface area contributed by atoms with E-state index in [4.69, 9.17) is 5.73 Å². The molecule has 17 heavy (non-hydrogen) atoms. The Morgan fingerprint density at radius 3 is 2.71 bits per heavy atom. The van der Waals surface area contributed by atoms with Crippen molar-refractivity contribution >= 4 is 11.8 Å². The van der Waals surface area contributed by atoms with E-state index < -0.39 is 0 Å². The van der Waals surface area contributed by atoms with Crippen LogP contribution in [0.4, 0.5) is 0 Å². The zero-order chi connectivity index (χ0) is 12.4. The summed E-state index contributed by atoms with van der Waals surface area (Å²) in [6.45, 7) is 2.50. The molecule has 2 atom stereocenters. The number of nitrogens with two attached hydrogens (primary N) is 1. The number of likely N-dealkylation sites (tertiary alicyclic amines) is 1. The van der Waals surface area contributed by atoms with E-state index in [0.717, 1.165) is 25.7 Å². The van der Waals surface area contributed by atoms with Crippen LogP contribution in [0.25, 0.3) is 0 Å². The van der Waals surface area contributed by atoms with E-state index in [0.29, 0.717) is 19.0 Å². The molecule has 0 aromatic rings. The van der Waals surface area contributed by atoms with Gasteiger partial charge in [-0.15, -0.1) is 0 Å². The van der Waals surface area contributed by atoms with Crippen molar-refractivity contribution in [3.63, 3.8) is 0 Å². The molecular weight excluding hydrogens is 218 g/mol. The third-order valence-electron chi connectivity index (χ3n) is 3.30. The predicted octanol–water partition coefficient (Wildman–Crippen LogP) is -0.00670. The summed E-state index contributed by atoms with van der Waals surface area (Å²) in [4.78, 5) is 25.6. The molecule has 5 heteroatoms. The molecule has 2 aliphatic rings. The Kier molecular flexibility index (Phi) is 3.66. The van der Waals surface area contributed by atoms with E-state index in [1.807, 2.05) is 6.92 Å². The average molecular weight is 239 g/mol. The maximum absolute atomic E-state index is 12.0. The summed E-state index contributed by atoms with van der Waals surface area (Å²) in [6.07, 6.45) is 4.17. The van der Waals surface area contributed by atoms with Gasteiger partial charge in [0.1, 0.15) is 6.04 Å². The fourth-order valence-electron chi connectivity index (χ4n) is 2.26. The number of hydrogen-bond acceptors (Lipinski definition) is 3. The molecule has 0 bridgehead atoms. The summed E-state index contributed by atoms with van der Waals surface area (Å²) < 4.78 is 0. The molecule has 0 aromatic carbocycles. The van der Waals surface area contributed by atoms with Gasteiger partial charge < -0.3 is 16.0 Å². The second-order valence-electron chi connectivity index (χ2n) is 5.21. The van der Waals surface area contributed by atoms with Crippen LogP contribution in [0.1, 0.15) is 39.0 Å². The minimum absolute atomic E-state index is 0.00782. The Morgan fingerprint density at radius 1 is 1.41 bits per heavy atom. The first kappa shape index (κ1) is 12.4. The van der Waals surface area contributed by atoms with Gasteiger partial charge >= 0.3 is 0 Å². The van der Waals surface area contributed by atoms with Gasteiger partial charge in [-0.05, 0) is 32.6 Å². The second kappa shape index (κ2) is 5.04. The van der Waals surface area contributed by atoms with Gasteiger partial charge in [0.05, 0.1) is 0 Å². The first-order valence-electron chi connectivity index (χ1n) is 6.43. The van der Waals surface area contributed by atoms with Crippen molar-refractivity contribution in [2.75, 3.05) is 6.54 Å². The molecule has 0 spiro atoms. The minimum Gasteiger partial charge on any atom is -0.352 e. The number of carbonyl (C=O) groups is 2. The van der Waals surface area contributed by atoms with Crippen molar-refractivity contribution in [2.45, 2.75) is 57.2 Å². The SMILES string of the molecule is CC(N)CC(=O)N1CCCC1C(=O)NC1CC1. The van der Waals surface area contributed by atoms with E-state index in [1.165, 1.54) is 0 Å². The molecule has 1 aliphatic heterocycles. The van der Waals surface area contributed by atoms with Crippen LogP contribution in [-0.2, 0) is 9.59 Å². The van der Waals surface area contributed by atoms with Crippen LogP contribution in [0.3, 0.4) is 0 Å². The Hall–Kier alpha value is -1.10. The highest BCUT2D eigenvalue weighted by atomic mass is 16.2. The number of amides is 2. The van der Waals surface area contributed by atoms with Crippen molar-refractivity contribution in [1.82, 2.24) is 10.2 Å². The molecule has 1 saturated carbocycles. The van der Waals surface area contributed by atoms with Crippen LogP contribution in [0, 0.1) is 0 Å². The van der Waals surface area contributed by atoms with Crippen molar-refractivity contribution in [3.8, 4) is 0 Å². The molecule has 2 unspecified atom stereocenters. The molecule has 2 fully saturated rings. The van der Waals surface area contributed by atoms with Crippen LogP contribution < -0.4 is 11.1 Å². The Morgan fingerprint density at radius 2 is 2.12 bits per heavy atom. The molecule has 3 N–H and O–H groups in total. The number of rotatable bonds is 4. The summed E-state index contributed by atoms with van der Waals surface area (Å²) >= 11 is 0. The van der Waals surface area contributed by atoms with Gasteiger partial charge in [-0.1, -0.05) is 0 Å². The largest absolute Gasteiger partial charge is 0.352 e. The Bertz CT molecular complexity index is 291. The van der Waals surface area contributed by atoms with Crippen molar-refractivity contribution in [3.05, 3.63) is 0 Å². The fourth-order valence-corrected chi connectivity index (χ4v) is 2.26. The molecule has 2 amide bonds. The molecule has 96 valence electrons. The first-order chi connectivity index (χ1) is 8.08. The lowest BCUT2D eigenvalue weighted by molar-refractivity contribution is -0.138. The highest BCUT2D eigenvalue weighted by molar-refractivity contribution is 5.88. The second-order valence-corrected chi connectivity index (χ2v) is 5.21. The lowest BCUT2D eigenvalue weighted by Crippen LogP contribution is -2.47. The molecular formula is C12H21N3O2. The average Bonchev–Trinajstić information content (AvgIpc) is 2.92. The normalized spacial score (nSPS) is 25.8. The van der Waals surface area contributed by atoms with Crippen LogP contribution in [0.15, 0.2) is 0 Å². The summed E-state index contributed by atoms with van der Waals surface area (Å²) in [7, 11) is 0. The highest BCUT2D eigenvalue weighted by Crippen LogP contribution is 2.22. The van der Waals surface area contributed by atoms with E-state index in [1.54, 1.807) is 4.90 Å². The highest BCUT2D eigenvalue weighted by Gasteiger charge is 2.36. The maximum Gasteiger partial charge on any atom is 0.243 e. The maximum atomic E-state index is 12.0. The van der Waals surface area contributed by atoms with Crippen LogP contribution >= 0.6 is 0 Å². The van der Waals surface area contributed by atoms with Gasteiger partial charge in [-0.25, -0.2) is 0 Å². The van der Waals surface area contributed by atoms with Crippen molar-refractivity contribution < 1.29 is 9.59 Å². The van der Waals surface area contributed by atoms with Gasteiger partial charge in [-0.3, -0.25) is 9.59 Å². The molecule has 1 saturated heterocycles. The van der Waals surface area contributed by atoms with Gasteiger partial charge in [0.25, 0.3) is 0 Å². The topological polar surface area (TPSA) is 75.4 Å². The predicted molar refractivity (Wildman–Crippen MR) is 64.2 cm³/mol. The third-order valence-corrected chi connectivity index (χ3v) is 3.30. The summed E-state index contributed by atoms with van der Waals surface area (Å²) in [5.41, 5.74) is 5.63. The van der Waals surface area contributed by atoms with Gasteiger partial charge in [-0.2, -0.15) is 0 Å². The molecule has 0 aromatic heterocycles. The standard InChI is InChI=1S/C12H21N3O2/c1-8(13)7-11(16)15-6-2-3-10(15)12(17)14-9-4-5-9/h8-10H,2-7,13H2,1H3,(H,14,17). The monoisotopic (exact) mass is 239 g/mol. The zero-order valence-electron chi connectivity index (χ0n) is 10.3. The lowest BCUT2D eigenvalue weighted by Gasteiger charge is -2.24. The van der Waals surface area contributed by atoms with E-state index in [-0.39, 0.29) is 23.9 Å². The van der Waals surface area contributed by atoms with Gasteiger partial charge in [0.15, 0.2) is 0 Å². The first-order valence-corrected chi connectivity index (χ1v) is 6.43. The van der Waals surface area contributed by atoms with Crippen LogP contribution in [0.5, 0.6) is 0 Å². The Balaban J connectivity index is 1.91. The zero-order valence-corrected chi connectivity index (χ0v) is 10.3. The van der Waals surface area contributed by atoms with E-state index in [9.17, 15) is 9.59 Å². The quantitative estimate of drug-likeness (QED) is 0.724. The molecule has 1 heterocycles. The van der Waals surface area contributed by atoms with Crippen molar-refractivity contribution in [2.24, 2.45) is 5.73 Å². The summed E-state index contributed by atoms with van der Waals surface area (Å²) in [5.74, 6) is 0.0245. The smallest absolute Gasteiger partial charge is 0.243 e. The summed E-state index contributed by atoms with van der Waals surface area (Å²) in [6, 6.07) is -0.0504. The number of nitrogens with one attached hydrogen (secondary N) is 1. The molecule has 0 radical (unpaired) electrons. The molecule has 5 nitrogen and oxygen atoms in total. The lowest BCUT2D eigenvalue weighted by atomic mass is 10.2. The van der Waals surface area contributed by atoms with Gasteiger partial charge in [0, 0.05) is 25.0 Å². The van der Waals surface area contributed by atoms with Crippen LogP contribution in [0.2, 0.25) is 0 Å². The van der Waals surface area contributed by atoms with Gasteiger partial charge in [0.2, 0.25) is 11.8 Å². The minimum atomic E-state index is -0.262. The fraction of sp³-hybridized carbons (Fsp3) is 0.833. The van der Waals surface area contributed by atoms with Crippen molar-refractivity contribution in [1.29, 1.82) is 0 Å². The molecule has 1 aliphatic carbocycles. The Labute approximate surface area is 102 Å². The number of carbonyl (C=O) groups excluding carboxylic acids is 2. The van der Waals surface area contributed by atoms with Crippen LogP contribution in [-0.4, -0.2) is 41.4 Å².